The number of fused-ring (bicyclic) bond motifs is 1. The molecule has 1 aliphatic heterocycles. The van der Waals surface area contributed by atoms with Crippen LogP contribution in [0.4, 0.5) is 5.95 Å². The molecule has 1 aliphatic rings. The first-order valence-corrected chi connectivity index (χ1v) is 15.2. The molecule has 0 bridgehead atoms. The fraction of sp³-hybridized carbons (Fsp3) is 0.147. The van der Waals surface area contributed by atoms with Gasteiger partial charge in [0.2, 0.25) is 11.1 Å². The van der Waals surface area contributed by atoms with E-state index in [1.54, 1.807) is 4.68 Å². The summed E-state index contributed by atoms with van der Waals surface area (Å²) in [5.74, 6) is 1.49. The lowest BCUT2D eigenvalue weighted by atomic mass is 9.95. The third kappa shape index (κ3) is 6.77. The number of esters is 1. The monoisotopic (exact) mass is 608 g/mol. The van der Waals surface area contributed by atoms with Gasteiger partial charge >= 0.3 is 5.97 Å². The van der Waals surface area contributed by atoms with Gasteiger partial charge in [-0.25, -0.2) is 9.48 Å². The molecule has 0 aliphatic carbocycles. The number of allylic oxidation sites excluding steroid dienone is 1. The Kier molecular flexibility index (Phi) is 8.77. The number of thioether (sulfide) groups is 1. The second kappa shape index (κ2) is 13.2. The number of halogens is 1. The van der Waals surface area contributed by atoms with Gasteiger partial charge in [0.15, 0.2) is 0 Å². The van der Waals surface area contributed by atoms with Gasteiger partial charge in [-0.2, -0.15) is 4.98 Å². The summed E-state index contributed by atoms with van der Waals surface area (Å²) in [6.07, 6.45) is 0. The highest BCUT2D eigenvalue weighted by Crippen LogP contribution is 2.38. The van der Waals surface area contributed by atoms with E-state index in [2.05, 4.69) is 17.4 Å². The van der Waals surface area contributed by atoms with Gasteiger partial charge in [0, 0.05) is 22.0 Å². The number of carbonyl (C=O) groups is 1. The van der Waals surface area contributed by atoms with Gasteiger partial charge in [0.1, 0.15) is 25.0 Å². The Hall–Kier alpha value is -4.53. The van der Waals surface area contributed by atoms with Crippen LogP contribution < -0.4 is 10.1 Å². The summed E-state index contributed by atoms with van der Waals surface area (Å²) in [6, 6.07) is 34.5. The van der Waals surface area contributed by atoms with Crippen LogP contribution in [0.3, 0.4) is 0 Å². The molecule has 5 aromatic rings. The molecule has 0 amide bonds. The van der Waals surface area contributed by atoms with E-state index in [0.717, 1.165) is 22.4 Å². The molecule has 1 aromatic heterocycles. The van der Waals surface area contributed by atoms with Gasteiger partial charge in [-0.15, -0.1) is 5.10 Å². The number of benzene rings is 4. The molecular weight excluding hydrogens is 580 g/mol. The molecule has 2 heterocycles. The SMILES string of the molecule is CC1=C(C(=O)OCc2ccccc2)C(c2cccc(OCc3ccccc3Cl)c2)n2nc(SCc3ccccc3)nc2N1. The number of hydrogen-bond acceptors (Lipinski definition) is 7. The number of anilines is 1. The van der Waals surface area contributed by atoms with E-state index in [4.69, 9.17) is 31.2 Å². The van der Waals surface area contributed by atoms with Crippen molar-refractivity contribution >= 4 is 35.3 Å². The van der Waals surface area contributed by atoms with Crippen LogP contribution in [0.15, 0.2) is 126 Å². The number of rotatable bonds is 10. The lowest BCUT2D eigenvalue weighted by molar-refractivity contribution is -0.140. The average molecular weight is 609 g/mol. The Morgan fingerprint density at radius 2 is 1.63 bits per heavy atom. The van der Waals surface area contributed by atoms with Crippen LogP contribution in [0.2, 0.25) is 5.02 Å². The van der Waals surface area contributed by atoms with Crippen molar-refractivity contribution in [3.63, 3.8) is 0 Å². The van der Waals surface area contributed by atoms with Gasteiger partial charge in [-0.1, -0.05) is 114 Å². The Bertz CT molecular complexity index is 1760. The highest BCUT2D eigenvalue weighted by atomic mass is 35.5. The van der Waals surface area contributed by atoms with Gasteiger partial charge < -0.3 is 14.8 Å². The molecule has 0 fully saturated rings. The van der Waals surface area contributed by atoms with Gasteiger partial charge in [-0.3, -0.25) is 0 Å². The topological polar surface area (TPSA) is 78.3 Å². The minimum Gasteiger partial charge on any atom is -0.489 e. The highest BCUT2D eigenvalue weighted by molar-refractivity contribution is 7.98. The standard InChI is InChI=1S/C34H29ClN4O3S/c1-23-30(32(40)42-20-24-11-4-2-5-12-24)31(26-16-10-17-28(19-26)41-21-27-15-8-9-18-29(27)35)39-33(36-23)37-34(38-39)43-22-25-13-6-3-7-14-25/h2-19,31H,20-22H2,1H3,(H,36,37,38). The molecule has 0 radical (unpaired) electrons. The summed E-state index contributed by atoms with van der Waals surface area (Å²) < 4.78 is 13.7. The van der Waals surface area contributed by atoms with E-state index in [-0.39, 0.29) is 6.61 Å². The number of aromatic nitrogens is 3. The molecule has 0 saturated carbocycles. The zero-order valence-electron chi connectivity index (χ0n) is 23.4. The Labute approximate surface area is 259 Å². The molecule has 1 N–H and O–H groups in total. The van der Waals surface area contributed by atoms with Gasteiger partial charge in [0.25, 0.3) is 0 Å². The van der Waals surface area contributed by atoms with Crippen LogP contribution in [0, 0.1) is 0 Å². The van der Waals surface area contributed by atoms with Crippen LogP contribution >= 0.6 is 23.4 Å². The molecule has 216 valence electrons. The van der Waals surface area contributed by atoms with Crippen LogP contribution in [0.25, 0.3) is 0 Å². The van der Waals surface area contributed by atoms with Crippen molar-refractivity contribution in [2.24, 2.45) is 0 Å². The molecule has 1 unspecified atom stereocenters. The van der Waals surface area contributed by atoms with Crippen LogP contribution in [0.1, 0.15) is 35.2 Å². The van der Waals surface area contributed by atoms with Crippen molar-refractivity contribution in [1.82, 2.24) is 14.8 Å². The second-order valence-electron chi connectivity index (χ2n) is 10.0. The maximum atomic E-state index is 13.7. The first-order chi connectivity index (χ1) is 21.0. The van der Waals surface area contributed by atoms with E-state index in [9.17, 15) is 4.79 Å². The van der Waals surface area contributed by atoms with Crippen LogP contribution in [-0.4, -0.2) is 20.7 Å². The van der Waals surface area contributed by atoms with Crippen molar-refractivity contribution in [2.45, 2.75) is 37.1 Å². The van der Waals surface area contributed by atoms with Gasteiger partial charge in [0.05, 0.1) is 5.57 Å². The zero-order chi connectivity index (χ0) is 29.6. The van der Waals surface area contributed by atoms with Gasteiger partial charge in [-0.05, 0) is 41.8 Å². The molecule has 43 heavy (non-hydrogen) atoms. The molecule has 7 nitrogen and oxygen atoms in total. The summed E-state index contributed by atoms with van der Waals surface area (Å²) in [5, 5.41) is 9.38. The van der Waals surface area contributed by atoms with Crippen LogP contribution in [0.5, 0.6) is 5.75 Å². The first-order valence-electron chi connectivity index (χ1n) is 13.8. The lowest BCUT2D eigenvalue weighted by Gasteiger charge is -2.28. The van der Waals surface area contributed by atoms with Crippen LogP contribution in [-0.2, 0) is 28.5 Å². The average Bonchev–Trinajstić information content (AvgIpc) is 3.45. The maximum absolute atomic E-state index is 13.7. The van der Waals surface area contributed by atoms with E-state index < -0.39 is 12.0 Å². The van der Waals surface area contributed by atoms with E-state index in [1.165, 1.54) is 17.3 Å². The minimum absolute atomic E-state index is 0.159. The molecular formula is C34H29ClN4O3S. The van der Waals surface area contributed by atoms with Crippen molar-refractivity contribution in [3.05, 3.63) is 148 Å². The quantitative estimate of drug-likeness (QED) is 0.128. The summed E-state index contributed by atoms with van der Waals surface area (Å²) in [5.41, 5.74) is 4.89. The summed E-state index contributed by atoms with van der Waals surface area (Å²) >= 11 is 7.88. The number of ether oxygens (including phenoxy) is 2. The maximum Gasteiger partial charge on any atom is 0.338 e. The third-order valence-corrected chi connectivity index (χ3v) is 8.28. The van der Waals surface area contributed by atoms with Crippen molar-refractivity contribution in [2.75, 3.05) is 5.32 Å². The number of nitrogens with one attached hydrogen (secondary N) is 1. The second-order valence-corrected chi connectivity index (χ2v) is 11.4. The van der Waals surface area contributed by atoms with Crippen molar-refractivity contribution < 1.29 is 14.3 Å². The number of hydrogen-bond donors (Lipinski definition) is 1. The fourth-order valence-electron chi connectivity index (χ4n) is 4.84. The summed E-state index contributed by atoms with van der Waals surface area (Å²) in [7, 11) is 0. The third-order valence-electron chi connectivity index (χ3n) is 7.00. The Balaban J connectivity index is 1.31. The number of nitrogens with zero attached hydrogens (tertiary/aromatic N) is 3. The Morgan fingerprint density at radius 3 is 2.40 bits per heavy atom. The summed E-state index contributed by atoms with van der Waals surface area (Å²) in [6.45, 7) is 2.33. The Morgan fingerprint density at radius 1 is 0.907 bits per heavy atom. The molecule has 0 saturated heterocycles. The molecule has 6 rings (SSSR count). The molecule has 0 spiro atoms. The first kappa shape index (κ1) is 28.6. The normalized spacial score (nSPS) is 14.1. The van der Waals surface area contributed by atoms with E-state index >= 15 is 0 Å². The highest BCUT2D eigenvalue weighted by Gasteiger charge is 2.35. The summed E-state index contributed by atoms with van der Waals surface area (Å²) in [4.78, 5) is 18.5. The van der Waals surface area contributed by atoms with E-state index in [1.807, 2.05) is 104 Å². The smallest absolute Gasteiger partial charge is 0.338 e. The van der Waals surface area contributed by atoms with Crippen molar-refractivity contribution in [1.29, 1.82) is 0 Å². The predicted molar refractivity (Wildman–Crippen MR) is 169 cm³/mol. The zero-order valence-corrected chi connectivity index (χ0v) is 25.0. The predicted octanol–water partition coefficient (Wildman–Crippen LogP) is 7.84. The fourth-order valence-corrected chi connectivity index (χ4v) is 5.81. The molecule has 4 aromatic carbocycles. The minimum atomic E-state index is -0.582. The van der Waals surface area contributed by atoms with Crippen molar-refractivity contribution in [3.8, 4) is 5.75 Å². The molecule has 1 atom stereocenters. The molecule has 9 heteroatoms. The largest absolute Gasteiger partial charge is 0.489 e. The lowest BCUT2D eigenvalue weighted by Crippen LogP contribution is -2.29. The number of carbonyl (C=O) groups excluding carboxylic acids is 1. The van der Waals surface area contributed by atoms with E-state index in [0.29, 0.717) is 39.8 Å².